The van der Waals surface area contributed by atoms with Crippen LogP contribution >= 0.6 is 15.9 Å². The van der Waals surface area contributed by atoms with E-state index in [0.717, 1.165) is 10.0 Å². The SMILES string of the molecule is O=C(O)c1ccc(-c2cccc(Br)c2)[nH]c1=O. The van der Waals surface area contributed by atoms with Gasteiger partial charge in [0.1, 0.15) is 5.56 Å². The Labute approximate surface area is 105 Å². The van der Waals surface area contributed by atoms with Crippen LogP contribution in [0.3, 0.4) is 0 Å². The van der Waals surface area contributed by atoms with Crippen molar-refractivity contribution in [3.8, 4) is 11.3 Å². The van der Waals surface area contributed by atoms with Gasteiger partial charge in [-0.25, -0.2) is 4.79 Å². The van der Waals surface area contributed by atoms with E-state index in [2.05, 4.69) is 20.9 Å². The van der Waals surface area contributed by atoms with Crippen LogP contribution in [0.1, 0.15) is 10.4 Å². The number of pyridine rings is 1. The van der Waals surface area contributed by atoms with Crippen LogP contribution in [0.25, 0.3) is 11.3 Å². The van der Waals surface area contributed by atoms with E-state index in [4.69, 9.17) is 5.11 Å². The first-order valence-corrected chi connectivity index (χ1v) is 5.60. The summed E-state index contributed by atoms with van der Waals surface area (Å²) in [5, 5.41) is 8.74. The minimum absolute atomic E-state index is 0.260. The molecule has 0 spiro atoms. The third-order valence-corrected chi connectivity index (χ3v) is 2.77. The number of carboxylic acids is 1. The quantitative estimate of drug-likeness (QED) is 0.894. The van der Waals surface area contributed by atoms with Crippen molar-refractivity contribution in [3.05, 3.63) is 56.8 Å². The molecule has 0 fully saturated rings. The molecule has 17 heavy (non-hydrogen) atoms. The van der Waals surface area contributed by atoms with Gasteiger partial charge in [0.25, 0.3) is 5.56 Å². The zero-order chi connectivity index (χ0) is 12.4. The summed E-state index contributed by atoms with van der Waals surface area (Å²) >= 11 is 3.33. The van der Waals surface area contributed by atoms with Gasteiger partial charge in [0.2, 0.25) is 0 Å². The molecule has 4 nitrogen and oxygen atoms in total. The lowest BCUT2D eigenvalue weighted by molar-refractivity contribution is 0.0695. The predicted molar refractivity (Wildman–Crippen MR) is 67.2 cm³/mol. The minimum atomic E-state index is -1.23. The van der Waals surface area contributed by atoms with Crippen molar-refractivity contribution in [2.75, 3.05) is 0 Å². The summed E-state index contributed by atoms with van der Waals surface area (Å²) in [4.78, 5) is 24.7. The van der Waals surface area contributed by atoms with Crippen molar-refractivity contribution in [2.24, 2.45) is 0 Å². The number of benzene rings is 1. The number of carbonyl (C=O) groups is 1. The van der Waals surface area contributed by atoms with Crippen molar-refractivity contribution in [1.82, 2.24) is 4.98 Å². The van der Waals surface area contributed by atoms with Crippen molar-refractivity contribution in [2.45, 2.75) is 0 Å². The zero-order valence-corrected chi connectivity index (χ0v) is 10.2. The zero-order valence-electron chi connectivity index (χ0n) is 8.61. The summed E-state index contributed by atoms with van der Waals surface area (Å²) in [5.41, 5.74) is 0.536. The van der Waals surface area contributed by atoms with Crippen LogP contribution in [-0.2, 0) is 0 Å². The molecule has 2 N–H and O–H groups in total. The number of H-pyrrole nitrogens is 1. The Morgan fingerprint density at radius 1 is 1.24 bits per heavy atom. The molecule has 0 saturated carbocycles. The van der Waals surface area contributed by atoms with Crippen molar-refractivity contribution in [1.29, 1.82) is 0 Å². The average molecular weight is 294 g/mol. The minimum Gasteiger partial charge on any atom is -0.477 e. The van der Waals surface area contributed by atoms with Crippen LogP contribution in [0, 0.1) is 0 Å². The smallest absolute Gasteiger partial charge is 0.341 e. The summed E-state index contributed by atoms with van der Waals surface area (Å²) in [6.07, 6.45) is 0. The van der Waals surface area contributed by atoms with Gasteiger partial charge >= 0.3 is 5.97 Å². The molecule has 1 heterocycles. The highest BCUT2D eigenvalue weighted by Crippen LogP contribution is 2.20. The van der Waals surface area contributed by atoms with E-state index in [9.17, 15) is 9.59 Å². The number of halogens is 1. The normalized spacial score (nSPS) is 10.2. The molecule has 0 aliphatic rings. The number of aromatic carboxylic acids is 1. The molecule has 0 aliphatic heterocycles. The van der Waals surface area contributed by atoms with Gasteiger partial charge in [-0.1, -0.05) is 28.1 Å². The van der Waals surface area contributed by atoms with Crippen LogP contribution < -0.4 is 5.56 Å². The van der Waals surface area contributed by atoms with Crippen molar-refractivity contribution >= 4 is 21.9 Å². The number of hydrogen-bond acceptors (Lipinski definition) is 2. The molecule has 0 unspecified atom stereocenters. The maximum Gasteiger partial charge on any atom is 0.341 e. The van der Waals surface area contributed by atoms with E-state index < -0.39 is 11.5 Å². The van der Waals surface area contributed by atoms with Gasteiger partial charge < -0.3 is 10.1 Å². The van der Waals surface area contributed by atoms with Crippen LogP contribution in [0.4, 0.5) is 0 Å². The van der Waals surface area contributed by atoms with Gasteiger partial charge in [-0.2, -0.15) is 0 Å². The number of nitrogens with one attached hydrogen (secondary N) is 1. The first-order chi connectivity index (χ1) is 8.08. The number of carboxylic acid groups (broad SMARTS) is 1. The molecule has 1 aromatic heterocycles. The standard InChI is InChI=1S/C12H8BrNO3/c13-8-3-1-2-7(6-8)10-5-4-9(12(16)17)11(15)14-10/h1-6H,(H,14,15)(H,16,17). The maximum absolute atomic E-state index is 11.5. The Balaban J connectivity index is 2.52. The topological polar surface area (TPSA) is 70.2 Å². The fourth-order valence-corrected chi connectivity index (χ4v) is 1.87. The molecule has 0 saturated heterocycles. The molecule has 2 aromatic rings. The van der Waals surface area contributed by atoms with Gasteiger partial charge in [-0.05, 0) is 29.8 Å². The van der Waals surface area contributed by atoms with E-state index in [0.29, 0.717) is 5.69 Å². The summed E-state index contributed by atoms with van der Waals surface area (Å²) < 4.78 is 0.887. The third kappa shape index (κ3) is 2.45. The Morgan fingerprint density at radius 3 is 2.59 bits per heavy atom. The monoisotopic (exact) mass is 293 g/mol. The van der Waals surface area contributed by atoms with E-state index in [-0.39, 0.29) is 5.56 Å². The van der Waals surface area contributed by atoms with E-state index in [1.807, 2.05) is 24.3 Å². The molecular formula is C12H8BrNO3. The molecule has 0 amide bonds. The lowest BCUT2D eigenvalue weighted by Crippen LogP contribution is -2.17. The first-order valence-electron chi connectivity index (χ1n) is 4.80. The molecule has 0 radical (unpaired) electrons. The van der Waals surface area contributed by atoms with Crippen LogP contribution in [0.2, 0.25) is 0 Å². The van der Waals surface area contributed by atoms with Crippen molar-refractivity contribution in [3.63, 3.8) is 0 Å². The fraction of sp³-hybridized carbons (Fsp3) is 0. The third-order valence-electron chi connectivity index (χ3n) is 2.28. The molecular weight excluding hydrogens is 286 g/mol. The summed E-state index contributed by atoms with van der Waals surface area (Å²) in [7, 11) is 0. The number of hydrogen-bond donors (Lipinski definition) is 2. The van der Waals surface area contributed by atoms with Gasteiger partial charge in [0.15, 0.2) is 0 Å². The van der Waals surface area contributed by atoms with Gasteiger partial charge in [-0.3, -0.25) is 4.79 Å². The van der Waals surface area contributed by atoms with Crippen LogP contribution in [0.15, 0.2) is 45.7 Å². The molecule has 0 aliphatic carbocycles. The first kappa shape index (κ1) is 11.6. The summed E-state index contributed by atoms with van der Waals surface area (Å²) in [5.74, 6) is -1.23. The van der Waals surface area contributed by atoms with Crippen LogP contribution in [-0.4, -0.2) is 16.1 Å². The second-order valence-electron chi connectivity index (χ2n) is 3.43. The largest absolute Gasteiger partial charge is 0.477 e. The molecule has 5 heteroatoms. The average Bonchev–Trinajstić information content (AvgIpc) is 2.28. The number of aromatic amines is 1. The molecule has 1 aromatic carbocycles. The van der Waals surface area contributed by atoms with Crippen LogP contribution in [0.5, 0.6) is 0 Å². The molecule has 0 atom stereocenters. The second-order valence-corrected chi connectivity index (χ2v) is 4.35. The van der Waals surface area contributed by atoms with Crippen molar-refractivity contribution < 1.29 is 9.90 Å². The number of aromatic nitrogens is 1. The van der Waals surface area contributed by atoms with Gasteiger partial charge in [0, 0.05) is 10.2 Å². The van der Waals surface area contributed by atoms with Gasteiger partial charge in [-0.15, -0.1) is 0 Å². The maximum atomic E-state index is 11.5. The Bertz CT molecular complexity index is 634. The van der Waals surface area contributed by atoms with E-state index >= 15 is 0 Å². The second kappa shape index (κ2) is 4.55. The molecule has 86 valence electrons. The highest BCUT2D eigenvalue weighted by molar-refractivity contribution is 9.10. The molecule has 0 bridgehead atoms. The van der Waals surface area contributed by atoms with E-state index in [1.165, 1.54) is 6.07 Å². The van der Waals surface area contributed by atoms with Gasteiger partial charge in [0.05, 0.1) is 0 Å². The lowest BCUT2D eigenvalue weighted by Gasteiger charge is -2.02. The number of rotatable bonds is 2. The predicted octanol–water partition coefficient (Wildman–Crippen LogP) is 2.50. The Hall–Kier alpha value is -1.88. The highest BCUT2D eigenvalue weighted by atomic mass is 79.9. The lowest BCUT2D eigenvalue weighted by atomic mass is 10.1. The van der Waals surface area contributed by atoms with E-state index in [1.54, 1.807) is 6.07 Å². The highest BCUT2D eigenvalue weighted by Gasteiger charge is 2.09. The Morgan fingerprint density at radius 2 is 2.00 bits per heavy atom. The summed E-state index contributed by atoms with van der Waals surface area (Å²) in [6.45, 7) is 0. The molecule has 2 rings (SSSR count). The summed E-state index contributed by atoms with van der Waals surface area (Å²) in [6, 6.07) is 10.3. The Kier molecular flexibility index (Phi) is 3.10. The fourth-order valence-electron chi connectivity index (χ4n) is 1.47.